The van der Waals surface area contributed by atoms with E-state index in [1.54, 1.807) is 0 Å². The van der Waals surface area contributed by atoms with Crippen molar-refractivity contribution in [2.24, 2.45) is 0 Å². The van der Waals surface area contributed by atoms with Gasteiger partial charge in [-0.3, -0.25) is 4.79 Å². The molecule has 1 aromatic rings. The number of rotatable bonds is 3. The van der Waals surface area contributed by atoms with Gasteiger partial charge in [0, 0.05) is 11.1 Å². The molecule has 24 heavy (non-hydrogen) atoms. The van der Waals surface area contributed by atoms with Crippen LogP contribution in [-0.2, 0) is 5.92 Å². The first kappa shape index (κ1) is 17.1. The van der Waals surface area contributed by atoms with Crippen LogP contribution in [0.5, 0.6) is 5.75 Å². The van der Waals surface area contributed by atoms with E-state index in [2.05, 4.69) is 0 Å². The first-order chi connectivity index (χ1) is 11.2. The summed E-state index contributed by atoms with van der Waals surface area (Å²) in [6.45, 7) is 0. The first-order valence-electron chi connectivity index (χ1n) is 7.60. The molecule has 0 heterocycles. The standard InChI is InChI=1S/C16H14F6O2/c17-14(18)12-10(24-8-4-2-1-3-5-8)7-6-9-11(12)13(23)16(21,22)15(9,19)20/h6-8,14H,1-5H2. The molecule has 0 N–H and O–H groups in total. The summed E-state index contributed by atoms with van der Waals surface area (Å²) in [5, 5.41) is 0. The van der Waals surface area contributed by atoms with Crippen LogP contribution >= 0.6 is 0 Å². The number of benzene rings is 1. The van der Waals surface area contributed by atoms with Crippen LogP contribution in [0, 0.1) is 0 Å². The van der Waals surface area contributed by atoms with Gasteiger partial charge in [-0.1, -0.05) is 6.42 Å². The fraction of sp³-hybridized carbons (Fsp3) is 0.562. The van der Waals surface area contributed by atoms with Crippen molar-refractivity contribution in [1.82, 2.24) is 0 Å². The van der Waals surface area contributed by atoms with Gasteiger partial charge >= 0.3 is 11.8 Å². The summed E-state index contributed by atoms with van der Waals surface area (Å²) >= 11 is 0. The van der Waals surface area contributed by atoms with Gasteiger partial charge in [-0.15, -0.1) is 0 Å². The summed E-state index contributed by atoms with van der Waals surface area (Å²) in [6, 6.07) is 1.41. The van der Waals surface area contributed by atoms with E-state index in [0.717, 1.165) is 25.3 Å². The second-order valence-corrected chi connectivity index (χ2v) is 6.06. The molecule has 0 atom stereocenters. The number of carbonyl (C=O) groups is 1. The van der Waals surface area contributed by atoms with Gasteiger partial charge < -0.3 is 4.74 Å². The smallest absolute Gasteiger partial charge is 0.376 e. The van der Waals surface area contributed by atoms with Crippen LogP contribution in [0.4, 0.5) is 26.3 Å². The SMILES string of the molecule is O=C1c2c(ccc(OC3CCCCC3)c2C(F)F)C(F)(F)C1(F)F. The average molecular weight is 352 g/mol. The van der Waals surface area contributed by atoms with Crippen molar-refractivity contribution in [2.75, 3.05) is 0 Å². The molecule has 8 heteroatoms. The summed E-state index contributed by atoms with van der Waals surface area (Å²) in [4.78, 5) is 11.7. The molecule has 0 aromatic heterocycles. The zero-order valence-corrected chi connectivity index (χ0v) is 12.4. The molecule has 0 unspecified atom stereocenters. The van der Waals surface area contributed by atoms with Crippen LogP contribution in [0.2, 0.25) is 0 Å². The van der Waals surface area contributed by atoms with E-state index < -0.39 is 52.6 Å². The van der Waals surface area contributed by atoms with Crippen molar-refractivity contribution in [3.05, 3.63) is 28.8 Å². The number of fused-ring (bicyclic) bond motifs is 1. The predicted octanol–water partition coefficient (Wildman–Crippen LogP) is 5.26. The number of hydrogen-bond donors (Lipinski definition) is 0. The molecule has 1 aromatic carbocycles. The maximum Gasteiger partial charge on any atom is 0.376 e. The van der Waals surface area contributed by atoms with Crippen molar-refractivity contribution in [3.63, 3.8) is 0 Å². The number of halogens is 6. The molecule has 1 fully saturated rings. The van der Waals surface area contributed by atoms with Crippen molar-refractivity contribution in [2.45, 2.75) is 56.5 Å². The summed E-state index contributed by atoms with van der Waals surface area (Å²) in [5.41, 5.74) is -3.85. The molecule has 0 spiro atoms. The summed E-state index contributed by atoms with van der Waals surface area (Å²) in [5.74, 6) is -12.6. The number of ether oxygens (including phenoxy) is 1. The van der Waals surface area contributed by atoms with E-state index in [-0.39, 0.29) is 0 Å². The van der Waals surface area contributed by atoms with Crippen LogP contribution in [0.25, 0.3) is 0 Å². The molecular formula is C16H14F6O2. The average Bonchev–Trinajstić information content (AvgIpc) is 2.66. The third-order valence-electron chi connectivity index (χ3n) is 4.51. The van der Waals surface area contributed by atoms with Crippen molar-refractivity contribution in [3.8, 4) is 5.75 Å². The van der Waals surface area contributed by atoms with E-state index in [1.807, 2.05) is 0 Å². The Morgan fingerprint density at radius 1 is 1.00 bits per heavy atom. The van der Waals surface area contributed by atoms with Crippen LogP contribution in [0.15, 0.2) is 12.1 Å². The van der Waals surface area contributed by atoms with Crippen LogP contribution < -0.4 is 4.74 Å². The number of alkyl halides is 6. The quantitative estimate of drug-likeness (QED) is 0.694. The van der Waals surface area contributed by atoms with Gasteiger partial charge in [-0.2, -0.15) is 17.6 Å². The minimum atomic E-state index is -5.04. The maximum atomic E-state index is 13.7. The van der Waals surface area contributed by atoms with Gasteiger partial charge in [0.1, 0.15) is 5.75 Å². The third-order valence-corrected chi connectivity index (χ3v) is 4.51. The maximum absolute atomic E-state index is 13.7. The predicted molar refractivity (Wildman–Crippen MR) is 72.1 cm³/mol. The molecule has 0 aliphatic heterocycles. The second-order valence-electron chi connectivity index (χ2n) is 6.06. The highest BCUT2D eigenvalue weighted by Gasteiger charge is 2.70. The molecule has 0 radical (unpaired) electrons. The first-order valence-corrected chi connectivity index (χ1v) is 7.60. The number of Topliss-reactive ketones (excluding diaryl/α,β-unsaturated/α-hetero) is 1. The summed E-state index contributed by atoms with van der Waals surface area (Å²) < 4.78 is 86.8. The van der Waals surface area contributed by atoms with Gasteiger partial charge in [0.15, 0.2) is 0 Å². The molecule has 2 aliphatic rings. The highest BCUT2D eigenvalue weighted by Crippen LogP contribution is 2.55. The zero-order valence-electron chi connectivity index (χ0n) is 12.4. The summed E-state index contributed by atoms with van der Waals surface area (Å²) in [7, 11) is 0. The Morgan fingerprint density at radius 3 is 2.21 bits per heavy atom. The Balaban J connectivity index is 2.09. The highest BCUT2D eigenvalue weighted by atomic mass is 19.3. The van der Waals surface area contributed by atoms with Crippen molar-refractivity contribution < 1.29 is 35.9 Å². The highest BCUT2D eigenvalue weighted by molar-refractivity contribution is 6.08. The lowest BCUT2D eigenvalue weighted by Crippen LogP contribution is -2.38. The zero-order chi connectivity index (χ0) is 17.7. The Morgan fingerprint density at radius 2 is 1.62 bits per heavy atom. The molecule has 0 amide bonds. The third kappa shape index (κ3) is 2.38. The van der Waals surface area contributed by atoms with Gasteiger partial charge in [0.2, 0.25) is 5.78 Å². The fourth-order valence-electron chi connectivity index (χ4n) is 3.26. The minimum absolute atomic E-state index is 0.396. The van der Waals surface area contributed by atoms with Crippen molar-refractivity contribution >= 4 is 5.78 Å². The molecule has 1 saturated carbocycles. The molecule has 2 nitrogen and oxygen atoms in total. The van der Waals surface area contributed by atoms with Gasteiger partial charge in [-0.05, 0) is 37.8 Å². The van der Waals surface area contributed by atoms with E-state index in [0.29, 0.717) is 18.9 Å². The lowest BCUT2D eigenvalue weighted by atomic mass is 9.97. The normalized spacial score (nSPS) is 22.7. The largest absolute Gasteiger partial charge is 0.490 e. The number of hydrogen-bond acceptors (Lipinski definition) is 2. The summed E-state index contributed by atoms with van der Waals surface area (Å²) in [6.07, 6.45) is 0.0468. The van der Waals surface area contributed by atoms with E-state index in [1.165, 1.54) is 0 Å². The van der Waals surface area contributed by atoms with E-state index in [9.17, 15) is 31.1 Å². The minimum Gasteiger partial charge on any atom is -0.490 e. The fourth-order valence-corrected chi connectivity index (χ4v) is 3.26. The van der Waals surface area contributed by atoms with Gasteiger partial charge in [-0.25, -0.2) is 8.78 Å². The number of carbonyl (C=O) groups excluding carboxylic acids is 1. The molecule has 0 bridgehead atoms. The number of ketones is 1. The molecule has 3 rings (SSSR count). The van der Waals surface area contributed by atoms with Gasteiger partial charge in [0.25, 0.3) is 6.43 Å². The van der Waals surface area contributed by atoms with E-state index >= 15 is 0 Å². The van der Waals surface area contributed by atoms with Crippen LogP contribution in [0.3, 0.4) is 0 Å². The lowest BCUT2D eigenvalue weighted by Gasteiger charge is -2.25. The Hall–Kier alpha value is -1.73. The Kier molecular flexibility index (Phi) is 4.04. The van der Waals surface area contributed by atoms with Gasteiger partial charge in [0.05, 0.1) is 11.7 Å². The Bertz CT molecular complexity index is 665. The monoisotopic (exact) mass is 352 g/mol. The van der Waals surface area contributed by atoms with Crippen LogP contribution in [-0.4, -0.2) is 17.8 Å². The molecule has 0 saturated heterocycles. The Labute approximate surface area is 133 Å². The topological polar surface area (TPSA) is 26.3 Å². The molecular weight excluding hydrogens is 338 g/mol. The second kappa shape index (κ2) is 5.67. The van der Waals surface area contributed by atoms with E-state index in [4.69, 9.17) is 4.74 Å². The molecule has 2 aliphatic carbocycles. The van der Waals surface area contributed by atoms with Crippen LogP contribution in [0.1, 0.15) is 60.0 Å². The van der Waals surface area contributed by atoms with Crippen molar-refractivity contribution in [1.29, 1.82) is 0 Å². The lowest BCUT2D eigenvalue weighted by molar-refractivity contribution is -0.176. The molecule has 132 valence electrons.